The van der Waals surface area contributed by atoms with Gasteiger partial charge in [0, 0.05) is 38.8 Å². The summed E-state index contributed by atoms with van der Waals surface area (Å²) >= 11 is 0. The number of aryl methyl sites for hydroxylation is 1. The highest BCUT2D eigenvalue weighted by atomic mass is 19.4. The van der Waals surface area contributed by atoms with E-state index in [2.05, 4.69) is 15.4 Å². The van der Waals surface area contributed by atoms with Crippen LogP contribution in [0.4, 0.5) is 24.5 Å². The predicted molar refractivity (Wildman–Crippen MR) is 149 cm³/mol. The number of hydrogen-bond donors (Lipinski definition) is 1. The number of aromatic nitrogens is 4. The molecular weight excluding hydrogens is 555 g/mol. The van der Waals surface area contributed by atoms with Gasteiger partial charge in [0.2, 0.25) is 17.6 Å². The van der Waals surface area contributed by atoms with Crippen LogP contribution in [0.15, 0.2) is 29.1 Å². The Morgan fingerprint density at radius 3 is 2.48 bits per heavy atom. The van der Waals surface area contributed by atoms with Crippen LogP contribution in [0.25, 0.3) is 11.4 Å². The first-order chi connectivity index (χ1) is 20.0. The summed E-state index contributed by atoms with van der Waals surface area (Å²) in [5, 5.41) is 7.23. The standard InChI is InChI=1S/C28H32F3N7O4/c1-4-22-24(36-11-9-35(10-12-36)18(3)39)26(41)38-27(33-25(34-38)19-7-13-42-14-8-19)37(22)16-23(40)32-21-6-5-20(15-17(21)2)28(29,30)31/h5-7,15H,4,8-14,16H2,1-3H3,(H,32,40). The van der Waals surface area contributed by atoms with Crippen molar-refractivity contribution in [2.45, 2.75) is 46.3 Å². The van der Waals surface area contributed by atoms with Crippen LogP contribution in [0.3, 0.4) is 0 Å². The average molecular weight is 588 g/mol. The Balaban J connectivity index is 1.56. The van der Waals surface area contributed by atoms with Gasteiger partial charge in [-0.15, -0.1) is 5.10 Å². The van der Waals surface area contributed by atoms with Gasteiger partial charge in [0.05, 0.1) is 24.5 Å². The molecule has 0 radical (unpaired) electrons. The highest BCUT2D eigenvalue weighted by Gasteiger charge is 2.31. The van der Waals surface area contributed by atoms with Crippen LogP contribution in [-0.2, 0) is 33.5 Å². The molecule has 0 spiro atoms. The fraction of sp³-hybridized carbons (Fsp3) is 0.464. The van der Waals surface area contributed by atoms with E-state index < -0.39 is 17.6 Å². The van der Waals surface area contributed by atoms with Crippen molar-refractivity contribution >= 4 is 34.5 Å². The van der Waals surface area contributed by atoms with Crippen molar-refractivity contribution in [1.82, 2.24) is 24.1 Å². The second kappa shape index (κ2) is 11.6. The van der Waals surface area contributed by atoms with Gasteiger partial charge in [-0.25, -0.2) is 0 Å². The summed E-state index contributed by atoms with van der Waals surface area (Å²) in [6.07, 6.45) is -1.68. The second-order valence-corrected chi connectivity index (χ2v) is 10.3. The Bertz CT molecular complexity index is 1620. The summed E-state index contributed by atoms with van der Waals surface area (Å²) in [4.78, 5) is 47.4. The third kappa shape index (κ3) is 5.75. The Kier molecular flexibility index (Phi) is 8.08. The largest absolute Gasteiger partial charge is 0.416 e. The van der Waals surface area contributed by atoms with Crippen molar-refractivity contribution in [3.8, 4) is 0 Å². The third-order valence-electron chi connectivity index (χ3n) is 7.58. The number of amides is 2. The SMILES string of the molecule is CCc1c(N2CCN(C(C)=O)CC2)c(=O)n2nc(C3=CCOCC3)nc2n1CC(=O)Nc1ccc(C(F)(F)F)cc1C. The molecular formula is C28H32F3N7O4. The quantitative estimate of drug-likeness (QED) is 0.472. The summed E-state index contributed by atoms with van der Waals surface area (Å²) in [6.45, 7) is 7.24. The molecule has 0 bridgehead atoms. The molecule has 2 amide bonds. The van der Waals surface area contributed by atoms with Gasteiger partial charge in [0.1, 0.15) is 12.2 Å². The number of rotatable bonds is 6. The molecule has 5 rings (SSSR count). The lowest BCUT2D eigenvalue weighted by atomic mass is 10.1. The molecule has 42 heavy (non-hydrogen) atoms. The van der Waals surface area contributed by atoms with Crippen LogP contribution < -0.4 is 15.8 Å². The van der Waals surface area contributed by atoms with Crippen molar-refractivity contribution in [1.29, 1.82) is 0 Å². The second-order valence-electron chi connectivity index (χ2n) is 10.3. The number of benzene rings is 1. The maximum absolute atomic E-state index is 13.9. The zero-order valence-corrected chi connectivity index (χ0v) is 23.6. The van der Waals surface area contributed by atoms with Gasteiger partial charge in [-0.2, -0.15) is 22.7 Å². The number of nitrogens with zero attached hydrogens (tertiary/aromatic N) is 6. The molecule has 2 aromatic heterocycles. The first kappa shape index (κ1) is 29.3. The van der Waals surface area contributed by atoms with Gasteiger partial charge >= 0.3 is 6.18 Å². The van der Waals surface area contributed by atoms with Gasteiger partial charge in [-0.3, -0.25) is 14.4 Å². The molecule has 1 N–H and O–H groups in total. The number of anilines is 2. The van der Waals surface area contributed by atoms with E-state index in [4.69, 9.17) is 4.74 Å². The minimum atomic E-state index is -4.50. The maximum Gasteiger partial charge on any atom is 0.416 e. The van der Waals surface area contributed by atoms with Gasteiger partial charge in [0.15, 0.2) is 5.82 Å². The van der Waals surface area contributed by atoms with Gasteiger partial charge in [-0.05, 0) is 49.1 Å². The van der Waals surface area contributed by atoms with Gasteiger partial charge in [0.25, 0.3) is 5.56 Å². The zero-order valence-electron chi connectivity index (χ0n) is 23.6. The monoisotopic (exact) mass is 587 g/mol. The number of nitrogens with one attached hydrogen (secondary N) is 1. The topological polar surface area (TPSA) is 114 Å². The number of piperazine rings is 1. The normalized spacial score (nSPS) is 16.1. The van der Waals surface area contributed by atoms with Crippen molar-refractivity contribution in [2.75, 3.05) is 49.6 Å². The lowest BCUT2D eigenvalue weighted by molar-refractivity contribution is -0.137. The molecule has 0 saturated carbocycles. The molecule has 1 fully saturated rings. The molecule has 4 heterocycles. The number of carbonyl (C=O) groups is 2. The smallest absolute Gasteiger partial charge is 0.377 e. The Hall–Kier alpha value is -4.20. The van der Waals surface area contributed by atoms with E-state index in [0.29, 0.717) is 69.4 Å². The molecule has 2 aliphatic rings. The fourth-order valence-electron chi connectivity index (χ4n) is 5.35. The van der Waals surface area contributed by atoms with Crippen LogP contribution in [0, 0.1) is 6.92 Å². The Morgan fingerprint density at radius 1 is 1.14 bits per heavy atom. The van der Waals surface area contributed by atoms with Crippen LogP contribution in [0.5, 0.6) is 0 Å². The van der Waals surface area contributed by atoms with E-state index >= 15 is 0 Å². The van der Waals surface area contributed by atoms with Crippen LogP contribution in [0.2, 0.25) is 0 Å². The lowest BCUT2D eigenvalue weighted by Gasteiger charge is -2.36. The molecule has 1 saturated heterocycles. The number of halogens is 3. The number of alkyl halides is 3. The highest BCUT2D eigenvalue weighted by molar-refractivity contribution is 5.91. The summed E-state index contributed by atoms with van der Waals surface area (Å²) in [7, 11) is 0. The van der Waals surface area contributed by atoms with E-state index in [1.165, 1.54) is 24.4 Å². The number of ether oxygens (including phenoxy) is 1. The molecule has 0 atom stereocenters. The van der Waals surface area contributed by atoms with Gasteiger partial charge < -0.3 is 24.4 Å². The number of carbonyl (C=O) groups excluding carboxylic acids is 2. The summed E-state index contributed by atoms with van der Waals surface area (Å²) in [6, 6.07) is 3.13. The van der Waals surface area contributed by atoms with E-state index in [0.717, 1.165) is 17.7 Å². The third-order valence-corrected chi connectivity index (χ3v) is 7.58. The lowest BCUT2D eigenvalue weighted by Crippen LogP contribution is -2.50. The molecule has 1 aromatic carbocycles. The molecule has 0 unspecified atom stereocenters. The average Bonchev–Trinajstić information content (AvgIpc) is 3.41. The van der Waals surface area contributed by atoms with Crippen molar-refractivity contribution in [3.63, 3.8) is 0 Å². The van der Waals surface area contributed by atoms with Crippen LogP contribution in [0.1, 0.15) is 42.9 Å². The molecule has 2 aliphatic heterocycles. The first-order valence-electron chi connectivity index (χ1n) is 13.8. The van der Waals surface area contributed by atoms with Gasteiger partial charge in [-0.1, -0.05) is 13.0 Å². The predicted octanol–water partition coefficient (Wildman–Crippen LogP) is 2.89. The summed E-state index contributed by atoms with van der Waals surface area (Å²) < 4.78 is 47.6. The zero-order chi connectivity index (χ0) is 30.2. The van der Waals surface area contributed by atoms with Crippen LogP contribution in [-0.4, -0.2) is 75.3 Å². The number of fused-ring (bicyclic) bond motifs is 1. The van der Waals surface area contributed by atoms with Crippen molar-refractivity contribution < 1.29 is 27.5 Å². The Morgan fingerprint density at radius 2 is 1.88 bits per heavy atom. The van der Waals surface area contributed by atoms with E-state index in [9.17, 15) is 27.6 Å². The van der Waals surface area contributed by atoms with Crippen LogP contribution >= 0.6 is 0 Å². The first-order valence-corrected chi connectivity index (χ1v) is 13.8. The number of hydrogen-bond acceptors (Lipinski definition) is 7. The maximum atomic E-state index is 13.9. The molecule has 14 heteroatoms. The van der Waals surface area contributed by atoms with E-state index in [1.54, 1.807) is 9.47 Å². The molecule has 0 aliphatic carbocycles. The van der Waals surface area contributed by atoms with E-state index in [-0.39, 0.29) is 35.0 Å². The van der Waals surface area contributed by atoms with Crippen molar-refractivity contribution in [2.24, 2.45) is 0 Å². The minimum absolute atomic E-state index is 0.0425. The molecule has 11 nitrogen and oxygen atoms in total. The fourth-order valence-corrected chi connectivity index (χ4v) is 5.35. The summed E-state index contributed by atoms with van der Waals surface area (Å²) in [5.41, 5.74) is 1.11. The minimum Gasteiger partial charge on any atom is -0.377 e. The summed E-state index contributed by atoms with van der Waals surface area (Å²) in [5.74, 6) is 0.00722. The van der Waals surface area contributed by atoms with E-state index in [1.807, 2.05) is 17.9 Å². The highest BCUT2D eigenvalue weighted by Crippen LogP contribution is 2.32. The molecule has 224 valence electrons. The Labute approximate surface area is 239 Å². The molecule has 3 aromatic rings. The van der Waals surface area contributed by atoms with Crippen molar-refractivity contribution in [3.05, 3.63) is 57.3 Å².